The number of hydrogen-bond acceptors (Lipinski definition) is 5. The molecule has 1 aromatic heterocycles. The molecule has 7 nitrogen and oxygen atoms in total. The monoisotopic (exact) mass is 325 g/mol. The Kier molecular flexibility index (Phi) is 4.03. The SMILES string of the molecule is O=C(Cn1nc2c(cc1=O)CCCC2)N[C@@H]1CCS(=O)(=O)C1. The molecular weight excluding hydrogens is 306 g/mol. The second-order valence-electron chi connectivity index (χ2n) is 5.99. The number of carbonyl (C=O) groups is 1. The fraction of sp³-hybridized carbons (Fsp3) is 0.643. The summed E-state index contributed by atoms with van der Waals surface area (Å²) < 4.78 is 23.9. The van der Waals surface area contributed by atoms with Crippen LogP contribution in [0.3, 0.4) is 0 Å². The molecule has 1 amide bonds. The first kappa shape index (κ1) is 15.2. The molecule has 22 heavy (non-hydrogen) atoms. The van der Waals surface area contributed by atoms with E-state index >= 15 is 0 Å². The van der Waals surface area contributed by atoms with Crippen LogP contribution in [0, 0.1) is 0 Å². The van der Waals surface area contributed by atoms with E-state index in [-0.39, 0.29) is 35.6 Å². The Balaban J connectivity index is 1.68. The van der Waals surface area contributed by atoms with Crippen molar-refractivity contribution in [3.63, 3.8) is 0 Å². The first-order valence-electron chi connectivity index (χ1n) is 7.53. The van der Waals surface area contributed by atoms with Crippen molar-refractivity contribution < 1.29 is 13.2 Å². The smallest absolute Gasteiger partial charge is 0.267 e. The van der Waals surface area contributed by atoms with Gasteiger partial charge in [0.05, 0.1) is 17.2 Å². The summed E-state index contributed by atoms with van der Waals surface area (Å²) in [6, 6.07) is 1.21. The average Bonchev–Trinajstić information content (AvgIpc) is 2.78. The maximum absolute atomic E-state index is 12.0. The predicted molar refractivity (Wildman–Crippen MR) is 80.3 cm³/mol. The number of carbonyl (C=O) groups excluding carboxylic acids is 1. The molecule has 1 aromatic rings. The number of nitrogens with zero attached hydrogens (tertiary/aromatic N) is 2. The van der Waals surface area contributed by atoms with Gasteiger partial charge in [0.25, 0.3) is 5.56 Å². The molecule has 2 heterocycles. The van der Waals surface area contributed by atoms with Crippen molar-refractivity contribution >= 4 is 15.7 Å². The molecule has 3 rings (SSSR count). The third-order valence-corrected chi connectivity index (χ3v) is 5.93. The third-order valence-electron chi connectivity index (χ3n) is 4.16. The van der Waals surface area contributed by atoms with Crippen molar-refractivity contribution in [3.8, 4) is 0 Å². The first-order chi connectivity index (χ1) is 10.4. The zero-order valence-electron chi connectivity index (χ0n) is 12.2. The van der Waals surface area contributed by atoms with Crippen LogP contribution in [0.15, 0.2) is 10.9 Å². The molecule has 1 aliphatic heterocycles. The fourth-order valence-corrected chi connectivity index (χ4v) is 4.71. The van der Waals surface area contributed by atoms with E-state index in [2.05, 4.69) is 10.4 Å². The lowest BCUT2D eigenvalue weighted by atomic mass is 9.97. The third kappa shape index (κ3) is 3.37. The van der Waals surface area contributed by atoms with Gasteiger partial charge in [-0.2, -0.15) is 5.10 Å². The summed E-state index contributed by atoms with van der Waals surface area (Å²) in [4.78, 5) is 24.0. The van der Waals surface area contributed by atoms with Crippen molar-refractivity contribution in [3.05, 3.63) is 27.7 Å². The predicted octanol–water partition coefficient (Wildman–Crippen LogP) is -0.575. The molecule has 1 N–H and O–H groups in total. The number of hydrogen-bond donors (Lipinski definition) is 1. The van der Waals surface area contributed by atoms with E-state index in [0.29, 0.717) is 6.42 Å². The second-order valence-corrected chi connectivity index (χ2v) is 8.22. The molecule has 0 bridgehead atoms. The minimum atomic E-state index is -3.03. The number of sulfone groups is 1. The molecule has 0 spiro atoms. The maximum atomic E-state index is 12.0. The Morgan fingerprint density at radius 2 is 2.14 bits per heavy atom. The zero-order valence-corrected chi connectivity index (χ0v) is 13.1. The first-order valence-corrected chi connectivity index (χ1v) is 9.35. The Morgan fingerprint density at radius 3 is 2.86 bits per heavy atom. The average molecular weight is 325 g/mol. The Labute approximate surface area is 128 Å². The van der Waals surface area contributed by atoms with Gasteiger partial charge in [-0.25, -0.2) is 13.1 Å². The van der Waals surface area contributed by atoms with E-state index in [1.807, 2.05) is 0 Å². The van der Waals surface area contributed by atoms with Crippen molar-refractivity contribution in [2.75, 3.05) is 11.5 Å². The Hall–Kier alpha value is -1.70. The summed E-state index contributed by atoms with van der Waals surface area (Å²) in [5.74, 6) is -0.285. The van der Waals surface area contributed by atoms with E-state index in [9.17, 15) is 18.0 Å². The van der Waals surface area contributed by atoms with Crippen LogP contribution in [0.25, 0.3) is 0 Å². The van der Waals surface area contributed by atoms with E-state index in [0.717, 1.165) is 36.9 Å². The quantitative estimate of drug-likeness (QED) is 0.802. The molecule has 2 aliphatic rings. The molecule has 1 aliphatic carbocycles. The molecule has 0 saturated carbocycles. The van der Waals surface area contributed by atoms with Crippen molar-refractivity contribution in [1.29, 1.82) is 0 Å². The van der Waals surface area contributed by atoms with Gasteiger partial charge in [0, 0.05) is 12.1 Å². The van der Waals surface area contributed by atoms with Crippen LogP contribution in [0.1, 0.15) is 30.5 Å². The van der Waals surface area contributed by atoms with Gasteiger partial charge in [0.2, 0.25) is 5.91 Å². The molecule has 0 radical (unpaired) electrons. The lowest BCUT2D eigenvalue weighted by molar-refractivity contribution is -0.122. The summed E-state index contributed by atoms with van der Waals surface area (Å²) in [5, 5.41) is 6.95. The minimum Gasteiger partial charge on any atom is -0.351 e. The summed E-state index contributed by atoms with van der Waals surface area (Å²) in [6.07, 6.45) is 4.24. The van der Waals surface area contributed by atoms with Crippen LogP contribution in [-0.2, 0) is 34.0 Å². The summed E-state index contributed by atoms with van der Waals surface area (Å²) in [5.41, 5.74) is 1.59. The standard InChI is InChI=1S/C14H19N3O4S/c18-13(15-11-5-6-22(20,21)9-11)8-17-14(19)7-10-3-1-2-4-12(10)16-17/h7,11H,1-6,8-9H2,(H,15,18)/t11-/m1/s1. The van der Waals surface area contributed by atoms with Crippen molar-refractivity contribution in [1.82, 2.24) is 15.1 Å². The minimum absolute atomic E-state index is 0.0226. The molecule has 8 heteroatoms. The van der Waals surface area contributed by atoms with Crippen molar-refractivity contribution in [2.24, 2.45) is 0 Å². The number of fused-ring (bicyclic) bond motifs is 1. The highest BCUT2D eigenvalue weighted by molar-refractivity contribution is 7.91. The van der Waals surface area contributed by atoms with Gasteiger partial charge < -0.3 is 5.32 Å². The number of nitrogens with one attached hydrogen (secondary N) is 1. The molecule has 120 valence electrons. The number of rotatable bonds is 3. The lowest BCUT2D eigenvalue weighted by Crippen LogP contribution is -2.40. The fourth-order valence-electron chi connectivity index (χ4n) is 3.03. The number of aromatic nitrogens is 2. The number of aryl methyl sites for hydroxylation is 2. The largest absolute Gasteiger partial charge is 0.351 e. The van der Waals surface area contributed by atoms with E-state index in [1.165, 1.54) is 4.68 Å². The van der Waals surface area contributed by atoms with Gasteiger partial charge in [0.1, 0.15) is 6.54 Å². The van der Waals surface area contributed by atoms with Crippen LogP contribution >= 0.6 is 0 Å². The van der Waals surface area contributed by atoms with Gasteiger partial charge in [0.15, 0.2) is 9.84 Å². The Morgan fingerprint density at radius 1 is 1.36 bits per heavy atom. The lowest BCUT2D eigenvalue weighted by Gasteiger charge is -2.16. The van der Waals surface area contributed by atoms with Crippen LogP contribution < -0.4 is 10.9 Å². The van der Waals surface area contributed by atoms with Crippen LogP contribution in [-0.4, -0.2) is 41.7 Å². The molecule has 0 aromatic carbocycles. The number of amides is 1. The molecule has 1 saturated heterocycles. The van der Waals surface area contributed by atoms with E-state index in [4.69, 9.17) is 0 Å². The molecule has 0 unspecified atom stereocenters. The van der Waals surface area contributed by atoms with E-state index < -0.39 is 9.84 Å². The summed E-state index contributed by atoms with van der Waals surface area (Å²) >= 11 is 0. The van der Waals surface area contributed by atoms with Crippen LogP contribution in [0.5, 0.6) is 0 Å². The van der Waals surface area contributed by atoms with Crippen molar-refractivity contribution in [2.45, 2.75) is 44.7 Å². The van der Waals surface area contributed by atoms with Gasteiger partial charge in [-0.3, -0.25) is 9.59 Å². The zero-order chi connectivity index (χ0) is 15.7. The summed E-state index contributed by atoms with van der Waals surface area (Å²) in [7, 11) is -3.03. The topological polar surface area (TPSA) is 98.1 Å². The highest BCUT2D eigenvalue weighted by Crippen LogP contribution is 2.16. The Bertz CT molecular complexity index is 754. The van der Waals surface area contributed by atoms with Crippen LogP contribution in [0.2, 0.25) is 0 Å². The highest BCUT2D eigenvalue weighted by Gasteiger charge is 2.29. The second kappa shape index (κ2) is 5.83. The molecular formula is C14H19N3O4S. The maximum Gasteiger partial charge on any atom is 0.267 e. The van der Waals surface area contributed by atoms with Gasteiger partial charge >= 0.3 is 0 Å². The molecule has 1 fully saturated rings. The molecule has 1 atom stereocenters. The normalized spacial score (nSPS) is 23.0. The summed E-state index contributed by atoms with van der Waals surface area (Å²) in [6.45, 7) is -0.164. The van der Waals surface area contributed by atoms with E-state index in [1.54, 1.807) is 6.07 Å². The van der Waals surface area contributed by atoms with Gasteiger partial charge in [-0.05, 0) is 37.7 Å². The van der Waals surface area contributed by atoms with Gasteiger partial charge in [-0.1, -0.05) is 0 Å². The van der Waals surface area contributed by atoms with Crippen LogP contribution in [0.4, 0.5) is 0 Å². The highest BCUT2D eigenvalue weighted by atomic mass is 32.2. The van der Waals surface area contributed by atoms with Gasteiger partial charge in [-0.15, -0.1) is 0 Å².